The first-order chi connectivity index (χ1) is 12.6. The van der Waals surface area contributed by atoms with Gasteiger partial charge < -0.3 is 10.2 Å². The Morgan fingerprint density at radius 1 is 1.04 bits per heavy atom. The van der Waals surface area contributed by atoms with Gasteiger partial charge in [-0.2, -0.15) is 0 Å². The van der Waals surface area contributed by atoms with Crippen LogP contribution in [-0.2, 0) is 9.59 Å². The molecule has 1 aromatic heterocycles. The number of carbonyl (C=O) groups excluding carboxylic acids is 2. The summed E-state index contributed by atoms with van der Waals surface area (Å²) in [4.78, 5) is 30.9. The molecule has 3 rings (SSSR count). The quantitative estimate of drug-likeness (QED) is 0.680. The number of fused-ring (bicyclic) bond motifs is 1. The summed E-state index contributed by atoms with van der Waals surface area (Å²) in [6.45, 7) is 0.0129. The first-order valence-corrected chi connectivity index (χ1v) is 9.16. The molecule has 1 N–H and O–H groups in total. The Morgan fingerprint density at radius 2 is 1.77 bits per heavy atom. The summed E-state index contributed by atoms with van der Waals surface area (Å²) in [6.07, 6.45) is 3.38. The summed E-state index contributed by atoms with van der Waals surface area (Å²) in [5, 5.41) is 4.93. The molecule has 0 unspecified atom stereocenters. The van der Waals surface area contributed by atoms with Gasteiger partial charge in [-0.05, 0) is 23.6 Å². The number of aromatic nitrogens is 1. The standard InChI is InChI=1S/C20H19N3O2S/c1-23(20(25)14-26-16-9-11-21-12-10-16)13-19(24)22-18-8-4-6-15-5-2-3-7-17(15)18/h2-12H,13-14H2,1H3,(H,22,24). The lowest BCUT2D eigenvalue weighted by atomic mass is 10.1. The lowest BCUT2D eigenvalue weighted by molar-refractivity contribution is -0.131. The zero-order valence-electron chi connectivity index (χ0n) is 14.4. The molecule has 0 bridgehead atoms. The van der Waals surface area contributed by atoms with Crippen molar-refractivity contribution in [3.8, 4) is 0 Å². The first kappa shape index (κ1) is 17.9. The van der Waals surface area contributed by atoms with E-state index in [4.69, 9.17) is 0 Å². The van der Waals surface area contributed by atoms with Gasteiger partial charge in [0.1, 0.15) is 0 Å². The molecule has 5 nitrogen and oxygen atoms in total. The van der Waals surface area contributed by atoms with Crippen LogP contribution in [0.3, 0.4) is 0 Å². The highest BCUT2D eigenvalue weighted by Crippen LogP contribution is 2.23. The lowest BCUT2D eigenvalue weighted by Crippen LogP contribution is -2.35. The number of amides is 2. The van der Waals surface area contributed by atoms with Gasteiger partial charge >= 0.3 is 0 Å². The van der Waals surface area contributed by atoms with Crippen molar-refractivity contribution in [3.63, 3.8) is 0 Å². The van der Waals surface area contributed by atoms with E-state index in [0.29, 0.717) is 0 Å². The minimum Gasteiger partial charge on any atom is -0.336 e. The number of likely N-dealkylation sites (N-methyl/N-ethyl adjacent to an activating group) is 1. The maximum Gasteiger partial charge on any atom is 0.244 e. The number of thioether (sulfide) groups is 1. The van der Waals surface area contributed by atoms with Crippen LogP contribution in [0.1, 0.15) is 0 Å². The summed E-state index contributed by atoms with van der Waals surface area (Å²) >= 11 is 1.43. The smallest absolute Gasteiger partial charge is 0.244 e. The van der Waals surface area contributed by atoms with Crippen LogP contribution < -0.4 is 5.32 Å². The van der Waals surface area contributed by atoms with Crippen molar-refractivity contribution in [2.24, 2.45) is 0 Å². The van der Waals surface area contributed by atoms with Crippen LogP contribution in [0.15, 0.2) is 71.9 Å². The number of hydrogen-bond acceptors (Lipinski definition) is 4. The minimum atomic E-state index is -0.217. The van der Waals surface area contributed by atoms with E-state index in [2.05, 4.69) is 10.3 Å². The van der Waals surface area contributed by atoms with Gasteiger partial charge in [0.25, 0.3) is 0 Å². The van der Waals surface area contributed by atoms with Gasteiger partial charge in [-0.1, -0.05) is 36.4 Å². The van der Waals surface area contributed by atoms with Gasteiger partial charge in [-0.25, -0.2) is 0 Å². The number of pyridine rings is 1. The van der Waals surface area contributed by atoms with E-state index in [1.54, 1.807) is 19.4 Å². The fourth-order valence-corrected chi connectivity index (χ4v) is 3.34. The van der Waals surface area contributed by atoms with E-state index in [0.717, 1.165) is 21.4 Å². The SMILES string of the molecule is CN(CC(=O)Nc1cccc2ccccc12)C(=O)CSc1ccncc1. The van der Waals surface area contributed by atoms with Gasteiger partial charge in [0.15, 0.2) is 0 Å². The summed E-state index contributed by atoms with van der Waals surface area (Å²) in [5.74, 6) is -0.0341. The molecule has 3 aromatic rings. The molecule has 0 radical (unpaired) electrons. The number of nitrogens with zero attached hydrogens (tertiary/aromatic N) is 2. The third-order valence-electron chi connectivity index (χ3n) is 3.88. The number of nitrogens with one attached hydrogen (secondary N) is 1. The Balaban J connectivity index is 1.56. The van der Waals surface area contributed by atoms with Gasteiger partial charge in [0.2, 0.25) is 11.8 Å². The van der Waals surface area contributed by atoms with Gasteiger partial charge in [0, 0.05) is 35.4 Å². The van der Waals surface area contributed by atoms with Crippen molar-refractivity contribution < 1.29 is 9.59 Å². The Morgan fingerprint density at radius 3 is 2.58 bits per heavy atom. The number of hydrogen-bond donors (Lipinski definition) is 1. The molecule has 0 atom stereocenters. The average molecular weight is 365 g/mol. The van der Waals surface area contributed by atoms with Crippen molar-refractivity contribution in [1.29, 1.82) is 0 Å². The van der Waals surface area contributed by atoms with Crippen LogP contribution in [0, 0.1) is 0 Å². The number of rotatable bonds is 6. The number of carbonyl (C=O) groups is 2. The predicted molar refractivity (Wildman–Crippen MR) is 105 cm³/mol. The Hall–Kier alpha value is -2.86. The summed E-state index contributed by atoms with van der Waals surface area (Å²) in [5.41, 5.74) is 0.750. The van der Waals surface area contributed by atoms with Gasteiger partial charge in [-0.15, -0.1) is 11.8 Å². The molecular weight excluding hydrogens is 346 g/mol. The summed E-state index contributed by atoms with van der Waals surface area (Å²) < 4.78 is 0. The van der Waals surface area contributed by atoms with E-state index in [1.165, 1.54) is 16.7 Å². The van der Waals surface area contributed by atoms with E-state index in [9.17, 15) is 9.59 Å². The molecular formula is C20H19N3O2S. The Bertz CT molecular complexity index is 910. The van der Waals surface area contributed by atoms with E-state index in [1.807, 2.05) is 54.6 Å². The number of anilines is 1. The fourth-order valence-electron chi connectivity index (χ4n) is 2.52. The van der Waals surface area contributed by atoms with Crippen LogP contribution in [0.5, 0.6) is 0 Å². The van der Waals surface area contributed by atoms with E-state index < -0.39 is 0 Å². The maximum atomic E-state index is 12.3. The second kappa shape index (κ2) is 8.49. The first-order valence-electron chi connectivity index (χ1n) is 8.18. The molecule has 0 aliphatic carbocycles. The zero-order chi connectivity index (χ0) is 18.4. The molecule has 0 spiro atoms. The van der Waals surface area contributed by atoms with Crippen molar-refractivity contribution >= 4 is 40.0 Å². The molecule has 0 aliphatic heterocycles. The maximum absolute atomic E-state index is 12.3. The molecule has 6 heteroatoms. The van der Waals surface area contributed by atoms with Gasteiger partial charge in [0.05, 0.1) is 12.3 Å². The fraction of sp³-hybridized carbons (Fsp3) is 0.150. The average Bonchev–Trinajstić information content (AvgIpc) is 2.67. The monoisotopic (exact) mass is 365 g/mol. The third-order valence-corrected chi connectivity index (χ3v) is 4.88. The van der Waals surface area contributed by atoms with Crippen molar-refractivity contribution in [3.05, 3.63) is 67.0 Å². The minimum absolute atomic E-state index is 0.0129. The third kappa shape index (κ3) is 4.61. The molecule has 2 aromatic carbocycles. The van der Waals surface area contributed by atoms with Crippen LogP contribution in [0.25, 0.3) is 10.8 Å². The Kier molecular flexibility index (Phi) is 5.86. The second-order valence-corrected chi connectivity index (χ2v) is 6.85. The highest BCUT2D eigenvalue weighted by Gasteiger charge is 2.14. The van der Waals surface area contributed by atoms with Crippen LogP contribution in [-0.4, -0.2) is 41.0 Å². The second-order valence-electron chi connectivity index (χ2n) is 5.80. The molecule has 2 amide bonds. The highest BCUT2D eigenvalue weighted by molar-refractivity contribution is 8.00. The molecule has 0 fully saturated rings. The lowest BCUT2D eigenvalue weighted by Gasteiger charge is -2.17. The largest absolute Gasteiger partial charge is 0.336 e. The van der Waals surface area contributed by atoms with Crippen molar-refractivity contribution in [2.45, 2.75) is 4.90 Å². The van der Waals surface area contributed by atoms with Crippen LogP contribution in [0.4, 0.5) is 5.69 Å². The molecule has 0 saturated carbocycles. The molecule has 26 heavy (non-hydrogen) atoms. The Labute approximate surface area is 156 Å². The van der Waals surface area contributed by atoms with E-state index in [-0.39, 0.29) is 24.1 Å². The van der Waals surface area contributed by atoms with Gasteiger partial charge in [-0.3, -0.25) is 14.6 Å². The normalized spacial score (nSPS) is 10.5. The number of benzene rings is 2. The summed E-state index contributed by atoms with van der Waals surface area (Å²) in [6, 6.07) is 17.3. The molecule has 1 heterocycles. The van der Waals surface area contributed by atoms with Crippen LogP contribution >= 0.6 is 11.8 Å². The van der Waals surface area contributed by atoms with E-state index >= 15 is 0 Å². The zero-order valence-corrected chi connectivity index (χ0v) is 15.2. The predicted octanol–water partition coefficient (Wildman–Crippen LogP) is 3.42. The topological polar surface area (TPSA) is 62.3 Å². The highest BCUT2D eigenvalue weighted by atomic mass is 32.2. The van der Waals surface area contributed by atoms with Crippen LogP contribution in [0.2, 0.25) is 0 Å². The van der Waals surface area contributed by atoms with Crippen molar-refractivity contribution in [1.82, 2.24) is 9.88 Å². The van der Waals surface area contributed by atoms with Crippen molar-refractivity contribution in [2.75, 3.05) is 24.7 Å². The molecule has 132 valence electrons. The molecule has 0 saturated heterocycles. The molecule has 0 aliphatic rings. The summed E-state index contributed by atoms with van der Waals surface area (Å²) in [7, 11) is 1.64.